The first kappa shape index (κ1) is 12.4. The summed E-state index contributed by atoms with van der Waals surface area (Å²) in [7, 11) is 0. The van der Waals surface area contributed by atoms with Gasteiger partial charge in [-0.25, -0.2) is 4.52 Å². The average Bonchev–Trinajstić information content (AvgIpc) is 2.83. The van der Waals surface area contributed by atoms with Crippen molar-refractivity contribution < 1.29 is 0 Å². The molecule has 0 saturated carbocycles. The first-order valence-corrected chi connectivity index (χ1v) is 7.07. The first-order valence-electron chi connectivity index (χ1n) is 7.07. The largest absolute Gasteiger partial charge is 0.349 e. The molecule has 2 aromatic rings. The number of likely N-dealkylation sites (tertiary alicyclic amines) is 1. The van der Waals surface area contributed by atoms with Gasteiger partial charge in [0.05, 0.1) is 0 Å². The number of pyridine rings is 1. The Bertz CT molecular complexity index is 562. The minimum Gasteiger partial charge on any atom is -0.349 e. The Kier molecular flexibility index (Phi) is 3.38. The fraction of sp³-hybridized carbons (Fsp3) is 0.571. The van der Waals surface area contributed by atoms with Crippen LogP contribution in [0, 0.1) is 6.92 Å². The normalized spacial score (nSPS) is 20.8. The van der Waals surface area contributed by atoms with Crippen LogP contribution in [0.2, 0.25) is 0 Å². The monoisotopic (exact) mass is 259 g/mol. The second-order valence-corrected chi connectivity index (χ2v) is 5.27. The number of hydrogen-bond acceptors (Lipinski definition) is 4. The summed E-state index contributed by atoms with van der Waals surface area (Å²) in [5.74, 6) is 0.747. The molecule has 1 aliphatic rings. The van der Waals surface area contributed by atoms with Crippen molar-refractivity contribution in [1.29, 1.82) is 0 Å². The van der Waals surface area contributed by atoms with Crippen molar-refractivity contribution in [3.8, 4) is 0 Å². The number of rotatable bonds is 3. The van der Waals surface area contributed by atoms with Crippen molar-refractivity contribution in [2.24, 2.45) is 0 Å². The van der Waals surface area contributed by atoms with Crippen molar-refractivity contribution in [3.63, 3.8) is 0 Å². The molecule has 1 fully saturated rings. The van der Waals surface area contributed by atoms with E-state index in [1.165, 1.54) is 19.4 Å². The Morgan fingerprint density at radius 2 is 2.37 bits per heavy atom. The van der Waals surface area contributed by atoms with E-state index in [2.05, 4.69) is 40.2 Å². The van der Waals surface area contributed by atoms with Gasteiger partial charge in [-0.3, -0.25) is 0 Å². The van der Waals surface area contributed by atoms with Gasteiger partial charge >= 0.3 is 0 Å². The van der Waals surface area contributed by atoms with Crippen molar-refractivity contribution in [3.05, 3.63) is 23.9 Å². The number of nitrogens with one attached hydrogen (secondary N) is 1. The van der Waals surface area contributed by atoms with Gasteiger partial charge in [-0.2, -0.15) is 4.98 Å². The van der Waals surface area contributed by atoms with Gasteiger partial charge in [0, 0.05) is 18.8 Å². The van der Waals surface area contributed by atoms with Gasteiger partial charge in [0.1, 0.15) is 0 Å². The molecule has 0 amide bonds. The van der Waals surface area contributed by atoms with Crippen LogP contribution >= 0.6 is 0 Å². The van der Waals surface area contributed by atoms with E-state index >= 15 is 0 Å². The summed E-state index contributed by atoms with van der Waals surface area (Å²) in [6.07, 6.45) is 4.39. The van der Waals surface area contributed by atoms with E-state index in [0.29, 0.717) is 6.04 Å². The summed E-state index contributed by atoms with van der Waals surface area (Å²) in [5, 5.41) is 7.97. The van der Waals surface area contributed by atoms with Crippen LogP contribution in [0.25, 0.3) is 5.65 Å². The van der Waals surface area contributed by atoms with Crippen molar-refractivity contribution >= 4 is 11.6 Å². The highest BCUT2D eigenvalue weighted by atomic mass is 15.4. The van der Waals surface area contributed by atoms with Crippen LogP contribution in [0.1, 0.15) is 25.3 Å². The predicted molar refractivity (Wildman–Crippen MR) is 76.5 cm³/mol. The molecule has 0 aromatic carbocycles. The number of nitrogens with zero attached hydrogens (tertiary/aromatic N) is 4. The molecule has 3 heterocycles. The summed E-state index contributed by atoms with van der Waals surface area (Å²) in [4.78, 5) is 7.05. The zero-order valence-electron chi connectivity index (χ0n) is 11.6. The van der Waals surface area contributed by atoms with Crippen LogP contribution in [-0.2, 0) is 0 Å². The molecule has 0 radical (unpaired) electrons. The Morgan fingerprint density at radius 3 is 3.16 bits per heavy atom. The highest BCUT2D eigenvalue weighted by molar-refractivity contribution is 5.50. The summed E-state index contributed by atoms with van der Waals surface area (Å²) in [6, 6.07) is 4.53. The topological polar surface area (TPSA) is 45.5 Å². The zero-order valence-corrected chi connectivity index (χ0v) is 11.6. The third-order valence-corrected chi connectivity index (χ3v) is 3.84. The number of hydrogen-bond donors (Lipinski definition) is 1. The Labute approximate surface area is 113 Å². The number of aromatic nitrogens is 3. The van der Waals surface area contributed by atoms with Gasteiger partial charge in [-0.05, 0) is 44.5 Å². The lowest BCUT2D eigenvalue weighted by atomic mass is 10.1. The number of anilines is 1. The second kappa shape index (κ2) is 5.17. The van der Waals surface area contributed by atoms with E-state index in [-0.39, 0.29) is 0 Å². The Hall–Kier alpha value is -1.62. The van der Waals surface area contributed by atoms with Gasteiger partial charge in [0.2, 0.25) is 5.95 Å². The van der Waals surface area contributed by atoms with Gasteiger partial charge in [0.15, 0.2) is 5.65 Å². The third kappa shape index (κ3) is 2.56. The molecule has 5 nitrogen and oxygen atoms in total. The van der Waals surface area contributed by atoms with Crippen LogP contribution in [0.3, 0.4) is 0 Å². The molecule has 102 valence electrons. The van der Waals surface area contributed by atoms with E-state index in [4.69, 9.17) is 0 Å². The standard InChI is InChI=1S/C14H21N5/c1-3-18-8-5-7-12(10-18)15-14-16-13-11(2)6-4-9-19(13)17-14/h4,6,9,12H,3,5,7-8,10H2,1-2H3,(H,15,17). The maximum absolute atomic E-state index is 4.58. The summed E-state index contributed by atoms with van der Waals surface area (Å²) in [5.41, 5.74) is 2.09. The molecule has 1 aliphatic heterocycles. The zero-order chi connectivity index (χ0) is 13.2. The van der Waals surface area contributed by atoms with E-state index in [9.17, 15) is 0 Å². The van der Waals surface area contributed by atoms with Gasteiger partial charge < -0.3 is 10.2 Å². The SMILES string of the molecule is CCN1CCCC(Nc2nc3c(C)cccn3n2)C1. The molecule has 0 bridgehead atoms. The lowest BCUT2D eigenvalue weighted by Crippen LogP contribution is -2.42. The van der Waals surface area contributed by atoms with E-state index in [1.54, 1.807) is 0 Å². The molecular formula is C14H21N5. The molecule has 1 N–H and O–H groups in total. The molecule has 1 unspecified atom stereocenters. The summed E-state index contributed by atoms with van der Waals surface area (Å²) in [6.45, 7) is 7.70. The quantitative estimate of drug-likeness (QED) is 0.915. The summed E-state index contributed by atoms with van der Waals surface area (Å²) < 4.78 is 1.85. The molecule has 1 saturated heterocycles. The molecular weight excluding hydrogens is 238 g/mol. The first-order chi connectivity index (χ1) is 9.26. The van der Waals surface area contributed by atoms with Crippen LogP contribution in [-0.4, -0.2) is 45.2 Å². The maximum Gasteiger partial charge on any atom is 0.243 e. The van der Waals surface area contributed by atoms with Gasteiger partial charge in [0.25, 0.3) is 0 Å². The Morgan fingerprint density at radius 1 is 1.47 bits per heavy atom. The highest BCUT2D eigenvalue weighted by Gasteiger charge is 2.19. The van der Waals surface area contributed by atoms with Crippen LogP contribution in [0.15, 0.2) is 18.3 Å². The lowest BCUT2D eigenvalue weighted by molar-refractivity contribution is 0.226. The van der Waals surface area contributed by atoms with Crippen LogP contribution in [0.4, 0.5) is 5.95 Å². The van der Waals surface area contributed by atoms with Gasteiger partial charge in [-0.15, -0.1) is 5.10 Å². The fourth-order valence-corrected chi connectivity index (χ4v) is 2.74. The van der Waals surface area contributed by atoms with E-state index < -0.39 is 0 Å². The lowest BCUT2D eigenvalue weighted by Gasteiger charge is -2.31. The Balaban J connectivity index is 1.76. The molecule has 0 spiro atoms. The van der Waals surface area contributed by atoms with Crippen LogP contribution in [0.5, 0.6) is 0 Å². The molecule has 5 heteroatoms. The van der Waals surface area contributed by atoms with Crippen molar-refractivity contribution in [2.45, 2.75) is 32.7 Å². The predicted octanol–water partition coefficient (Wildman–Crippen LogP) is 1.93. The fourth-order valence-electron chi connectivity index (χ4n) is 2.74. The minimum absolute atomic E-state index is 0.464. The van der Waals surface area contributed by atoms with Crippen LogP contribution < -0.4 is 5.32 Å². The van der Waals surface area contributed by atoms with E-state index in [1.807, 2.05) is 16.8 Å². The minimum atomic E-state index is 0.464. The maximum atomic E-state index is 4.58. The van der Waals surface area contributed by atoms with Crippen molar-refractivity contribution in [1.82, 2.24) is 19.5 Å². The molecule has 1 atom stereocenters. The average molecular weight is 259 g/mol. The number of piperidine rings is 1. The molecule has 0 aliphatic carbocycles. The highest BCUT2D eigenvalue weighted by Crippen LogP contribution is 2.15. The van der Waals surface area contributed by atoms with Crippen molar-refractivity contribution in [2.75, 3.05) is 25.0 Å². The van der Waals surface area contributed by atoms with E-state index in [0.717, 1.165) is 30.2 Å². The number of fused-ring (bicyclic) bond motifs is 1. The molecule has 2 aromatic heterocycles. The third-order valence-electron chi connectivity index (χ3n) is 3.84. The molecule has 19 heavy (non-hydrogen) atoms. The number of aryl methyl sites for hydroxylation is 1. The number of likely N-dealkylation sites (N-methyl/N-ethyl adjacent to an activating group) is 1. The van der Waals surface area contributed by atoms with Gasteiger partial charge in [-0.1, -0.05) is 13.0 Å². The second-order valence-electron chi connectivity index (χ2n) is 5.27. The summed E-state index contributed by atoms with van der Waals surface area (Å²) >= 11 is 0. The smallest absolute Gasteiger partial charge is 0.243 e. The molecule has 3 rings (SSSR count).